The highest BCUT2D eigenvalue weighted by molar-refractivity contribution is 7.14. The highest BCUT2D eigenvalue weighted by Gasteiger charge is 2.21. The number of terminal acetylenes is 1. The molecule has 1 atom stereocenters. The Morgan fingerprint density at radius 3 is 2.72 bits per heavy atom. The molecule has 96 valence electrons. The van der Waals surface area contributed by atoms with Gasteiger partial charge in [0.05, 0.1) is 4.88 Å². The number of carboxylic acids is 1. The SMILES string of the molecule is C#CCC(NC(=O)c1cc(CC)c(C)s1)C(=O)O. The molecule has 5 heteroatoms. The van der Waals surface area contributed by atoms with Crippen LogP contribution in [-0.2, 0) is 11.2 Å². The molecule has 1 aromatic rings. The van der Waals surface area contributed by atoms with Crippen molar-refractivity contribution in [1.82, 2.24) is 5.32 Å². The summed E-state index contributed by atoms with van der Waals surface area (Å²) in [4.78, 5) is 24.4. The van der Waals surface area contributed by atoms with Gasteiger partial charge < -0.3 is 10.4 Å². The first-order valence-corrected chi connectivity index (χ1v) is 6.37. The highest BCUT2D eigenvalue weighted by Crippen LogP contribution is 2.22. The summed E-state index contributed by atoms with van der Waals surface area (Å²) in [5.74, 6) is 0.738. The van der Waals surface area contributed by atoms with Gasteiger partial charge in [0.25, 0.3) is 5.91 Å². The summed E-state index contributed by atoms with van der Waals surface area (Å²) < 4.78 is 0. The molecule has 18 heavy (non-hydrogen) atoms. The van der Waals surface area contributed by atoms with E-state index in [1.165, 1.54) is 11.3 Å². The van der Waals surface area contributed by atoms with E-state index in [1.54, 1.807) is 6.07 Å². The number of thiophene rings is 1. The zero-order valence-electron chi connectivity index (χ0n) is 10.3. The van der Waals surface area contributed by atoms with Gasteiger partial charge in [0.1, 0.15) is 6.04 Å². The number of rotatable bonds is 5. The molecule has 1 unspecified atom stereocenters. The minimum atomic E-state index is -1.12. The van der Waals surface area contributed by atoms with Crippen LogP contribution in [-0.4, -0.2) is 23.0 Å². The van der Waals surface area contributed by atoms with Crippen LogP contribution in [0.15, 0.2) is 6.07 Å². The molecule has 1 amide bonds. The van der Waals surface area contributed by atoms with Gasteiger partial charge in [-0.1, -0.05) is 6.92 Å². The van der Waals surface area contributed by atoms with E-state index in [9.17, 15) is 9.59 Å². The molecule has 0 bridgehead atoms. The molecule has 2 N–H and O–H groups in total. The first-order valence-electron chi connectivity index (χ1n) is 5.56. The first kappa shape index (κ1) is 14.3. The van der Waals surface area contributed by atoms with E-state index in [4.69, 9.17) is 11.5 Å². The van der Waals surface area contributed by atoms with Crippen LogP contribution in [0.4, 0.5) is 0 Å². The number of nitrogens with one attached hydrogen (secondary N) is 1. The lowest BCUT2D eigenvalue weighted by atomic mass is 10.2. The summed E-state index contributed by atoms with van der Waals surface area (Å²) in [6, 6.07) is 0.763. The standard InChI is InChI=1S/C13H15NO3S/c1-4-6-10(13(16)17)14-12(15)11-7-9(5-2)8(3)18-11/h1,7,10H,5-6H2,2-3H3,(H,14,15)(H,16,17). The minimum Gasteiger partial charge on any atom is -0.480 e. The van der Waals surface area contributed by atoms with E-state index in [0.717, 1.165) is 16.9 Å². The fraction of sp³-hybridized carbons (Fsp3) is 0.385. The number of carboxylic acid groups (broad SMARTS) is 1. The zero-order chi connectivity index (χ0) is 13.7. The molecule has 0 radical (unpaired) electrons. The number of carbonyl (C=O) groups excluding carboxylic acids is 1. The number of carbonyl (C=O) groups is 2. The van der Waals surface area contributed by atoms with Crippen LogP contribution in [0.2, 0.25) is 0 Å². The van der Waals surface area contributed by atoms with Crippen LogP contribution >= 0.6 is 11.3 Å². The molecule has 1 rings (SSSR count). The van der Waals surface area contributed by atoms with Crippen LogP contribution in [0.1, 0.15) is 33.5 Å². The molecule has 0 aliphatic heterocycles. The third-order valence-electron chi connectivity index (χ3n) is 2.55. The molecule has 0 aliphatic carbocycles. The number of hydrogen-bond acceptors (Lipinski definition) is 3. The van der Waals surface area contributed by atoms with Gasteiger partial charge >= 0.3 is 5.97 Å². The Hall–Kier alpha value is -1.80. The maximum Gasteiger partial charge on any atom is 0.327 e. The van der Waals surface area contributed by atoms with Gasteiger partial charge in [0.15, 0.2) is 0 Å². The van der Waals surface area contributed by atoms with Gasteiger partial charge in [-0.2, -0.15) is 0 Å². The topological polar surface area (TPSA) is 66.4 Å². The Kier molecular flexibility index (Phi) is 4.93. The molecule has 0 fully saturated rings. The molecular weight excluding hydrogens is 250 g/mol. The molecule has 0 aromatic carbocycles. The first-order chi connectivity index (χ1) is 8.49. The molecule has 0 saturated carbocycles. The highest BCUT2D eigenvalue weighted by atomic mass is 32.1. The Bertz CT molecular complexity index is 499. The maximum absolute atomic E-state index is 11.9. The summed E-state index contributed by atoms with van der Waals surface area (Å²) in [5.41, 5.74) is 1.11. The molecule has 4 nitrogen and oxygen atoms in total. The molecule has 1 aromatic heterocycles. The zero-order valence-corrected chi connectivity index (χ0v) is 11.1. The molecular formula is C13H15NO3S. The fourth-order valence-corrected chi connectivity index (χ4v) is 2.55. The number of hydrogen-bond donors (Lipinski definition) is 2. The summed E-state index contributed by atoms with van der Waals surface area (Å²) in [6.07, 6.45) is 5.90. The monoisotopic (exact) mass is 265 g/mol. The molecule has 0 aliphatic rings. The van der Waals surface area contributed by atoms with Crippen LogP contribution in [0.3, 0.4) is 0 Å². The lowest BCUT2D eigenvalue weighted by Crippen LogP contribution is -2.40. The molecule has 1 heterocycles. The van der Waals surface area contributed by atoms with Crippen molar-refractivity contribution in [3.8, 4) is 12.3 Å². The average Bonchev–Trinajstić information content (AvgIpc) is 2.69. The van der Waals surface area contributed by atoms with Crippen molar-refractivity contribution in [3.05, 3.63) is 21.4 Å². The van der Waals surface area contributed by atoms with Crippen molar-refractivity contribution in [1.29, 1.82) is 0 Å². The van der Waals surface area contributed by atoms with Crippen LogP contribution in [0.25, 0.3) is 0 Å². The summed E-state index contributed by atoms with van der Waals surface area (Å²) in [6.45, 7) is 3.95. The second-order valence-electron chi connectivity index (χ2n) is 3.82. The van der Waals surface area contributed by atoms with Crippen molar-refractivity contribution in [3.63, 3.8) is 0 Å². The lowest BCUT2D eigenvalue weighted by molar-refractivity contribution is -0.139. The smallest absolute Gasteiger partial charge is 0.327 e. The third-order valence-corrected chi connectivity index (χ3v) is 3.64. The van der Waals surface area contributed by atoms with E-state index >= 15 is 0 Å². The van der Waals surface area contributed by atoms with Gasteiger partial charge in [-0.25, -0.2) is 4.79 Å². The van der Waals surface area contributed by atoms with Gasteiger partial charge in [-0.3, -0.25) is 4.79 Å². The molecule has 0 saturated heterocycles. The Balaban J connectivity index is 2.81. The van der Waals surface area contributed by atoms with Crippen molar-refractivity contribution in [2.45, 2.75) is 32.7 Å². The van der Waals surface area contributed by atoms with E-state index in [2.05, 4.69) is 11.2 Å². The van der Waals surface area contributed by atoms with Crippen LogP contribution < -0.4 is 5.32 Å². The van der Waals surface area contributed by atoms with Gasteiger partial charge in [-0.15, -0.1) is 23.7 Å². The van der Waals surface area contributed by atoms with Crippen molar-refractivity contribution >= 4 is 23.2 Å². The third kappa shape index (κ3) is 3.34. The quantitative estimate of drug-likeness (QED) is 0.798. The number of aliphatic carboxylic acids is 1. The van der Waals surface area contributed by atoms with Crippen LogP contribution in [0.5, 0.6) is 0 Å². The van der Waals surface area contributed by atoms with Gasteiger partial charge in [-0.05, 0) is 25.0 Å². The predicted molar refractivity (Wildman–Crippen MR) is 70.8 cm³/mol. The summed E-state index contributed by atoms with van der Waals surface area (Å²) in [7, 11) is 0. The Labute approximate surface area is 110 Å². The average molecular weight is 265 g/mol. The van der Waals surface area contributed by atoms with E-state index in [1.807, 2.05) is 13.8 Å². The Morgan fingerprint density at radius 2 is 2.28 bits per heavy atom. The van der Waals surface area contributed by atoms with Crippen molar-refractivity contribution in [2.24, 2.45) is 0 Å². The lowest BCUT2D eigenvalue weighted by Gasteiger charge is -2.10. The Morgan fingerprint density at radius 1 is 1.61 bits per heavy atom. The number of amides is 1. The second kappa shape index (κ2) is 6.22. The maximum atomic E-state index is 11.9. The normalized spacial score (nSPS) is 11.6. The second-order valence-corrected chi connectivity index (χ2v) is 5.07. The van der Waals surface area contributed by atoms with Gasteiger partial charge in [0.2, 0.25) is 0 Å². The summed E-state index contributed by atoms with van der Waals surface area (Å²) in [5, 5.41) is 11.3. The van der Waals surface area contributed by atoms with E-state index < -0.39 is 12.0 Å². The van der Waals surface area contributed by atoms with Gasteiger partial charge in [0, 0.05) is 11.3 Å². The number of aryl methyl sites for hydroxylation is 2. The predicted octanol–water partition coefficient (Wildman–Crippen LogP) is 1.83. The van der Waals surface area contributed by atoms with Crippen LogP contribution in [0, 0.1) is 19.3 Å². The van der Waals surface area contributed by atoms with Crippen molar-refractivity contribution in [2.75, 3.05) is 0 Å². The fourth-order valence-electron chi connectivity index (χ4n) is 1.53. The minimum absolute atomic E-state index is 0.0218. The van der Waals surface area contributed by atoms with E-state index in [-0.39, 0.29) is 12.3 Å². The van der Waals surface area contributed by atoms with E-state index in [0.29, 0.717) is 4.88 Å². The molecule has 0 spiro atoms. The van der Waals surface area contributed by atoms with Crippen molar-refractivity contribution < 1.29 is 14.7 Å². The summed E-state index contributed by atoms with van der Waals surface area (Å²) >= 11 is 1.36. The largest absolute Gasteiger partial charge is 0.480 e.